The van der Waals surface area contributed by atoms with Gasteiger partial charge in [0.1, 0.15) is 0 Å². The molecule has 3 aromatic heterocycles. The van der Waals surface area contributed by atoms with Gasteiger partial charge < -0.3 is 9.73 Å². The van der Waals surface area contributed by atoms with E-state index in [1.165, 1.54) is 11.3 Å². The van der Waals surface area contributed by atoms with Gasteiger partial charge in [-0.1, -0.05) is 18.2 Å². The number of carbonyl (C=O) groups excluding carboxylic acids is 1. The average Bonchev–Trinajstić information content (AvgIpc) is 3.29. The number of benzene rings is 1. The first-order valence-corrected chi connectivity index (χ1v) is 8.70. The highest BCUT2D eigenvalue weighted by Crippen LogP contribution is 2.31. The number of nitrogens with one attached hydrogen (secondary N) is 1. The standard InChI is InChI=1S/C19H15N3O2S/c1-12(13-6-4-5-11-20-13)21-18(23)15-9-10-16(24-15)19-22-14-7-2-3-8-17(14)25-19/h2-12H,1H3,(H,21,23). The van der Waals surface area contributed by atoms with Crippen molar-refractivity contribution in [2.24, 2.45) is 0 Å². The molecule has 1 unspecified atom stereocenters. The first kappa shape index (κ1) is 15.5. The number of hydrogen-bond donors (Lipinski definition) is 1. The largest absolute Gasteiger partial charge is 0.448 e. The van der Waals surface area contributed by atoms with Crippen molar-refractivity contribution < 1.29 is 9.21 Å². The minimum Gasteiger partial charge on any atom is -0.448 e. The molecule has 1 amide bonds. The third-order valence-corrected chi connectivity index (χ3v) is 4.86. The zero-order valence-electron chi connectivity index (χ0n) is 13.5. The SMILES string of the molecule is CC(NC(=O)c1ccc(-c2nc3ccccc3s2)o1)c1ccccn1. The summed E-state index contributed by atoms with van der Waals surface area (Å²) in [6, 6.07) is 16.8. The number of fused-ring (bicyclic) bond motifs is 1. The van der Waals surface area contributed by atoms with Crippen LogP contribution in [0.25, 0.3) is 21.0 Å². The summed E-state index contributed by atoms with van der Waals surface area (Å²) >= 11 is 1.54. The Labute approximate surface area is 148 Å². The minimum atomic E-state index is -0.273. The summed E-state index contributed by atoms with van der Waals surface area (Å²) in [4.78, 5) is 21.2. The molecular weight excluding hydrogens is 334 g/mol. The number of amides is 1. The summed E-state index contributed by atoms with van der Waals surface area (Å²) in [5.41, 5.74) is 1.72. The molecule has 1 atom stereocenters. The second kappa shape index (κ2) is 6.49. The molecule has 0 aliphatic carbocycles. The number of nitrogens with zero attached hydrogens (tertiary/aromatic N) is 2. The van der Waals surface area contributed by atoms with E-state index in [0.717, 1.165) is 20.9 Å². The van der Waals surface area contributed by atoms with Gasteiger partial charge in [0.05, 0.1) is 22.0 Å². The Morgan fingerprint density at radius 1 is 1.12 bits per heavy atom. The number of pyridine rings is 1. The van der Waals surface area contributed by atoms with Gasteiger partial charge in [0.25, 0.3) is 5.91 Å². The quantitative estimate of drug-likeness (QED) is 0.591. The maximum absolute atomic E-state index is 12.4. The second-order valence-electron chi connectivity index (χ2n) is 5.60. The third-order valence-electron chi connectivity index (χ3n) is 3.81. The molecule has 3 heterocycles. The van der Waals surface area contributed by atoms with Gasteiger partial charge in [-0.3, -0.25) is 9.78 Å². The molecule has 0 saturated heterocycles. The molecule has 1 N–H and O–H groups in total. The number of furan rings is 1. The molecule has 4 rings (SSSR count). The normalized spacial score (nSPS) is 12.2. The molecule has 0 aliphatic rings. The van der Waals surface area contributed by atoms with E-state index in [-0.39, 0.29) is 17.7 Å². The van der Waals surface area contributed by atoms with E-state index in [1.54, 1.807) is 18.3 Å². The first-order valence-electron chi connectivity index (χ1n) is 7.88. The number of hydrogen-bond acceptors (Lipinski definition) is 5. The molecule has 0 fully saturated rings. The molecule has 6 heteroatoms. The Morgan fingerprint density at radius 3 is 2.76 bits per heavy atom. The number of rotatable bonds is 4. The summed E-state index contributed by atoms with van der Waals surface area (Å²) in [5.74, 6) is 0.583. The summed E-state index contributed by atoms with van der Waals surface area (Å²) < 4.78 is 6.80. The lowest BCUT2D eigenvalue weighted by Crippen LogP contribution is -2.26. The molecule has 0 saturated carbocycles. The van der Waals surface area contributed by atoms with Crippen LogP contribution in [-0.2, 0) is 0 Å². The third kappa shape index (κ3) is 3.16. The van der Waals surface area contributed by atoms with Crippen molar-refractivity contribution >= 4 is 27.5 Å². The zero-order chi connectivity index (χ0) is 17.2. The highest BCUT2D eigenvalue weighted by atomic mass is 32.1. The molecular formula is C19H15N3O2S. The number of thiazole rings is 1. The van der Waals surface area contributed by atoms with Gasteiger partial charge in [-0.2, -0.15) is 0 Å². The highest BCUT2D eigenvalue weighted by molar-refractivity contribution is 7.21. The number of para-hydroxylation sites is 1. The minimum absolute atomic E-state index is 0.204. The van der Waals surface area contributed by atoms with E-state index >= 15 is 0 Å². The predicted octanol–water partition coefficient (Wildman–Crippen LogP) is 4.44. The topological polar surface area (TPSA) is 68.0 Å². The molecule has 0 spiro atoms. The van der Waals surface area contributed by atoms with Crippen molar-refractivity contribution in [3.05, 3.63) is 72.2 Å². The summed E-state index contributed by atoms with van der Waals surface area (Å²) in [5, 5.41) is 3.65. The van der Waals surface area contributed by atoms with Crippen LogP contribution in [0.4, 0.5) is 0 Å². The van der Waals surface area contributed by atoms with Crippen LogP contribution in [0.3, 0.4) is 0 Å². The smallest absolute Gasteiger partial charge is 0.287 e. The summed E-state index contributed by atoms with van der Waals surface area (Å²) in [6.07, 6.45) is 1.70. The van der Waals surface area contributed by atoms with Crippen LogP contribution >= 0.6 is 11.3 Å². The van der Waals surface area contributed by atoms with Crippen molar-refractivity contribution in [2.45, 2.75) is 13.0 Å². The predicted molar refractivity (Wildman–Crippen MR) is 97.4 cm³/mol. The van der Waals surface area contributed by atoms with Gasteiger partial charge in [-0.25, -0.2) is 4.98 Å². The fourth-order valence-electron chi connectivity index (χ4n) is 2.53. The Morgan fingerprint density at radius 2 is 1.96 bits per heavy atom. The molecule has 124 valence electrons. The fourth-order valence-corrected chi connectivity index (χ4v) is 3.45. The van der Waals surface area contributed by atoms with Crippen LogP contribution < -0.4 is 5.32 Å². The van der Waals surface area contributed by atoms with Crippen LogP contribution in [0.1, 0.15) is 29.2 Å². The van der Waals surface area contributed by atoms with E-state index in [2.05, 4.69) is 15.3 Å². The summed E-state index contributed by atoms with van der Waals surface area (Å²) in [6.45, 7) is 1.89. The summed E-state index contributed by atoms with van der Waals surface area (Å²) in [7, 11) is 0. The van der Waals surface area contributed by atoms with Crippen LogP contribution in [0.5, 0.6) is 0 Å². The lowest BCUT2D eigenvalue weighted by atomic mass is 10.2. The van der Waals surface area contributed by atoms with E-state index in [1.807, 2.05) is 49.4 Å². The van der Waals surface area contributed by atoms with Crippen LogP contribution in [0.2, 0.25) is 0 Å². The van der Waals surface area contributed by atoms with Gasteiger partial charge in [0.15, 0.2) is 16.5 Å². The number of aromatic nitrogens is 2. The second-order valence-corrected chi connectivity index (χ2v) is 6.63. The molecule has 4 aromatic rings. The van der Waals surface area contributed by atoms with Gasteiger partial charge in [0, 0.05) is 6.20 Å². The van der Waals surface area contributed by atoms with E-state index in [4.69, 9.17) is 4.42 Å². The fraction of sp³-hybridized carbons (Fsp3) is 0.105. The van der Waals surface area contributed by atoms with Gasteiger partial charge in [-0.05, 0) is 43.3 Å². The highest BCUT2D eigenvalue weighted by Gasteiger charge is 2.17. The van der Waals surface area contributed by atoms with Crippen molar-refractivity contribution in [1.82, 2.24) is 15.3 Å². The molecule has 5 nitrogen and oxygen atoms in total. The molecule has 0 bridgehead atoms. The van der Waals surface area contributed by atoms with Crippen molar-refractivity contribution in [1.29, 1.82) is 0 Å². The average molecular weight is 349 g/mol. The zero-order valence-corrected chi connectivity index (χ0v) is 14.3. The van der Waals surface area contributed by atoms with E-state index in [9.17, 15) is 4.79 Å². The van der Waals surface area contributed by atoms with E-state index < -0.39 is 0 Å². The van der Waals surface area contributed by atoms with Gasteiger partial charge in [0.2, 0.25) is 0 Å². The Kier molecular flexibility index (Phi) is 4.03. The van der Waals surface area contributed by atoms with Crippen LogP contribution in [-0.4, -0.2) is 15.9 Å². The Balaban J connectivity index is 1.53. The van der Waals surface area contributed by atoms with Gasteiger partial charge >= 0.3 is 0 Å². The van der Waals surface area contributed by atoms with E-state index in [0.29, 0.717) is 5.76 Å². The van der Waals surface area contributed by atoms with Crippen molar-refractivity contribution in [3.63, 3.8) is 0 Å². The van der Waals surface area contributed by atoms with Crippen LogP contribution in [0, 0.1) is 0 Å². The maximum Gasteiger partial charge on any atom is 0.287 e. The lowest BCUT2D eigenvalue weighted by Gasteiger charge is -2.11. The molecule has 25 heavy (non-hydrogen) atoms. The maximum atomic E-state index is 12.4. The lowest BCUT2D eigenvalue weighted by molar-refractivity contribution is 0.0912. The first-order chi connectivity index (χ1) is 12.2. The monoisotopic (exact) mass is 349 g/mol. The molecule has 0 aliphatic heterocycles. The van der Waals surface area contributed by atoms with Crippen molar-refractivity contribution in [3.8, 4) is 10.8 Å². The van der Waals surface area contributed by atoms with Crippen molar-refractivity contribution in [2.75, 3.05) is 0 Å². The Bertz CT molecular complexity index is 990. The van der Waals surface area contributed by atoms with Gasteiger partial charge in [-0.15, -0.1) is 11.3 Å². The number of carbonyl (C=O) groups is 1. The molecule has 0 radical (unpaired) electrons. The van der Waals surface area contributed by atoms with Crippen LogP contribution in [0.15, 0.2) is 65.2 Å². The molecule has 1 aromatic carbocycles. The Hall–Kier alpha value is -2.99.